The molecule has 0 amide bonds. The van der Waals surface area contributed by atoms with Crippen molar-refractivity contribution >= 4 is 11.4 Å². The van der Waals surface area contributed by atoms with Gasteiger partial charge in [-0.2, -0.15) is 0 Å². The molecule has 0 aliphatic heterocycles. The molecule has 0 heterocycles. The molecule has 2 N–H and O–H groups in total. The summed E-state index contributed by atoms with van der Waals surface area (Å²) in [5, 5.41) is 0. The lowest BCUT2D eigenvalue weighted by atomic mass is 10.1. The number of hydrogen-bond acceptors (Lipinski definition) is 2. The van der Waals surface area contributed by atoms with Crippen LogP contribution in [0.3, 0.4) is 0 Å². The van der Waals surface area contributed by atoms with Gasteiger partial charge in [0.05, 0.1) is 0 Å². The van der Waals surface area contributed by atoms with Crippen molar-refractivity contribution in [2.24, 2.45) is 0 Å². The predicted octanol–water partition coefficient (Wildman–Crippen LogP) is 3.09. The quantitative estimate of drug-likeness (QED) is 0.837. The van der Waals surface area contributed by atoms with Crippen LogP contribution in [0.2, 0.25) is 0 Å². The summed E-state index contributed by atoms with van der Waals surface area (Å²) >= 11 is 0. The highest BCUT2D eigenvalue weighted by molar-refractivity contribution is 5.46. The number of likely N-dealkylation sites (N-methyl/N-ethyl adjacent to an activating group) is 1. The fourth-order valence-electron chi connectivity index (χ4n) is 1.89. The molecule has 0 atom stereocenters. The minimum absolute atomic E-state index is 0.205. The molecular formula is C15H17FN2. The van der Waals surface area contributed by atoms with Gasteiger partial charge in [-0.25, -0.2) is 4.39 Å². The molecule has 0 aliphatic carbocycles. The van der Waals surface area contributed by atoms with Gasteiger partial charge in [0.15, 0.2) is 0 Å². The van der Waals surface area contributed by atoms with Crippen molar-refractivity contribution in [3.05, 3.63) is 59.9 Å². The van der Waals surface area contributed by atoms with Crippen molar-refractivity contribution in [1.29, 1.82) is 0 Å². The van der Waals surface area contributed by atoms with Crippen molar-refractivity contribution in [3.8, 4) is 0 Å². The molecule has 94 valence electrons. The van der Waals surface area contributed by atoms with E-state index in [0.717, 1.165) is 24.3 Å². The lowest BCUT2D eigenvalue weighted by Gasteiger charge is -2.19. The number of nitrogens with two attached hydrogens (primary N) is 1. The Labute approximate surface area is 107 Å². The maximum absolute atomic E-state index is 13.1. The second-order valence-corrected chi connectivity index (χ2v) is 4.40. The summed E-state index contributed by atoms with van der Waals surface area (Å²) in [4.78, 5) is 2.03. The van der Waals surface area contributed by atoms with Gasteiger partial charge < -0.3 is 10.6 Å². The average Bonchev–Trinajstić information content (AvgIpc) is 2.36. The highest BCUT2D eigenvalue weighted by atomic mass is 19.1. The Morgan fingerprint density at radius 3 is 2.61 bits per heavy atom. The molecule has 0 unspecified atom stereocenters. The zero-order valence-corrected chi connectivity index (χ0v) is 10.4. The van der Waals surface area contributed by atoms with E-state index in [-0.39, 0.29) is 5.82 Å². The Balaban J connectivity index is 1.98. The smallest absolute Gasteiger partial charge is 0.125 e. The maximum atomic E-state index is 13.1. The monoisotopic (exact) mass is 244 g/mol. The summed E-state index contributed by atoms with van der Waals surface area (Å²) in [5.74, 6) is -0.205. The number of nitrogens with zero attached hydrogens (tertiary/aromatic N) is 1. The topological polar surface area (TPSA) is 29.3 Å². The molecule has 2 aromatic rings. The van der Waals surface area contributed by atoms with Crippen LogP contribution in [0.4, 0.5) is 15.8 Å². The summed E-state index contributed by atoms with van der Waals surface area (Å²) in [6, 6.07) is 14.5. The molecular weight excluding hydrogens is 227 g/mol. The van der Waals surface area contributed by atoms with E-state index in [0.29, 0.717) is 0 Å². The number of benzene rings is 2. The number of nitrogen functional groups attached to an aromatic ring is 1. The minimum atomic E-state index is -0.205. The molecule has 0 fully saturated rings. The van der Waals surface area contributed by atoms with Gasteiger partial charge in [0, 0.05) is 25.0 Å². The zero-order valence-electron chi connectivity index (χ0n) is 10.4. The Bertz CT molecular complexity index is 525. The van der Waals surface area contributed by atoms with E-state index in [1.165, 1.54) is 11.6 Å². The first-order valence-corrected chi connectivity index (χ1v) is 5.96. The van der Waals surface area contributed by atoms with E-state index in [2.05, 4.69) is 6.07 Å². The molecule has 0 aromatic heterocycles. The minimum Gasteiger partial charge on any atom is -0.399 e. The van der Waals surface area contributed by atoms with Crippen molar-refractivity contribution in [1.82, 2.24) is 0 Å². The van der Waals surface area contributed by atoms with E-state index in [9.17, 15) is 4.39 Å². The SMILES string of the molecule is CN(CCc1cccc(N)c1)c1cccc(F)c1. The van der Waals surface area contributed by atoms with Crippen LogP contribution in [0, 0.1) is 5.82 Å². The fraction of sp³-hybridized carbons (Fsp3) is 0.200. The summed E-state index contributed by atoms with van der Waals surface area (Å²) in [6.07, 6.45) is 0.887. The molecule has 0 radical (unpaired) electrons. The molecule has 2 nitrogen and oxygen atoms in total. The summed E-state index contributed by atoms with van der Waals surface area (Å²) in [6.45, 7) is 0.826. The normalized spacial score (nSPS) is 10.3. The second-order valence-electron chi connectivity index (χ2n) is 4.40. The van der Waals surface area contributed by atoms with E-state index in [1.54, 1.807) is 12.1 Å². The van der Waals surface area contributed by atoms with E-state index < -0.39 is 0 Å². The van der Waals surface area contributed by atoms with E-state index in [1.807, 2.05) is 36.2 Å². The van der Waals surface area contributed by atoms with Gasteiger partial charge in [-0.1, -0.05) is 18.2 Å². The number of hydrogen-bond donors (Lipinski definition) is 1. The molecule has 0 aliphatic rings. The summed E-state index contributed by atoms with van der Waals surface area (Å²) < 4.78 is 13.1. The van der Waals surface area contributed by atoms with Crippen LogP contribution in [0.1, 0.15) is 5.56 Å². The van der Waals surface area contributed by atoms with E-state index in [4.69, 9.17) is 5.73 Å². The van der Waals surface area contributed by atoms with Gasteiger partial charge in [0.25, 0.3) is 0 Å². The molecule has 0 spiro atoms. The molecule has 0 bridgehead atoms. The zero-order chi connectivity index (χ0) is 13.0. The van der Waals surface area contributed by atoms with Gasteiger partial charge in [0.2, 0.25) is 0 Å². The average molecular weight is 244 g/mol. The third-order valence-electron chi connectivity index (χ3n) is 2.94. The van der Waals surface area contributed by atoms with Gasteiger partial charge in [-0.3, -0.25) is 0 Å². The van der Waals surface area contributed by atoms with Crippen LogP contribution in [0.5, 0.6) is 0 Å². The molecule has 0 saturated carbocycles. The first kappa shape index (κ1) is 12.4. The van der Waals surface area contributed by atoms with Crippen LogP contribution < -0.4 is 10.6 Å². The first-order chi connectivity index (χ1) is 8.65. The van der Waals surface area contributed by atoms with Crippen LogP contribution >= 0.6 is 0 Å². The Morgan fingerprint density at radius 2 is 1.89 bits per heavy atom. The number of rotatable bonds is 4. The van der Waals surface area contributed by atoms with Crippen LogP contribution in [0.25, 0.3) is 0 Å². The maximum Gasteiger partial charge on any atom is 0.125 e. The standard InChI is InChI=1S/C15H17FN2/c1-18(15-7-3-5-13(16)11-15)9-8-12-4-2-6-14(17)10-12/h2-7,10-11H,8-9,17H2,1H3. The molecule has 2 aromatic carbocycles. The van der Waals surface area contributed by atoms with Crippen molar-refractivity contribution in [2.45, 2.75) is 6.42 Å². The third kappa shape index (κ3) is 3.23. The van der Waals surface area contributed by atoms with Gasteiger partial charge in [-0.15, -0.1) is 0 Å². The van der Waals surface area contributed by atoms with Crippen molar-refractivity contribution in [2.75, 3.05) is 24.2 Å². The van der Waals surface area contributed by atoms with Crippen molar-refractivity contribution < 1.29 is 4.39 Å². The Kier molecular flexibility index (Phi) is 3.82. The summed E-state index contributed by atoms with van der Waals surface area (Å²) in [5.41, 5.74) is 8.59. The first-order valence-electron chi connectivity index (χ1n) is 5.96. The van der Waals surface area contributed by atoms with Crippen LogP contribution in [-0.4, -0.2) is 13.6 Å². The van der Waals surface area contributed by atoms with Gasteiger partial charge >= 0.3 is 0 Å². The Hall–Kier alpha value is -2.03. The number of anilines is 2. The lowest BCUT2D eigenvalue weighted by molar-refractivity contribution is 0.627. The number of halogens is 1. The lowest BCUT2D eigenvalue weighted by Crippen LogP contribution is -2.20. The molecule has 2 rings (SSSR count). The second kappa shape index (κ2) is 5.54. The molecule has 18 heavy (non-hydrogen) atoms. The third-order valence-corrected chi connectivity index (χ3v) is 2.94. The van der Waals surface area contributed by atoms with E-state index >= 15 is 0 Å². The predicted molar refractivity (Wildman–Crippen MR) is 74.2 cm³/mol. The highest BCUT2D eigenvalue weighted by Crippen LogP contribution is 2.15. The largest absolute Gasteiger partial charge is 0.399 e. The molecule has 3 heteroatoms. The van der Waals surface area contributed by atoms with Crippen LogP contribution in [0.15, 0.2) is 48.5 Å². The Morgan fingerprint density at radius 1 is 1.11 bits per heavy atom. The summed E-state index contributed by atoms with van der Waals surface area (Å²) in [7, 11) is 1.96. The van der Waals surface area contributed by atoms with Gasteiger partial charge in [0.1, 0.15) is 5.82 Å². The highest BCUT2D eigenvalue weighted by Gasteiger charge is 2.02. The molecule has 0 saturated heterocycles. The van der Waals surface area contributed by atoms with Gasteiger partial charge in [-0.05, 0) is 42.3 Å². The van der Waals surface area contributed by atoms with Crippen LogP contribution in [-0.2, 0) is 6.42 Å². The fourth-order valence-corrected chi connectivity index (χ4v) is 1.89. The van der Waals surface area contributed by atoms with Crippen molar-refractivity contribution in [3.63, 3.8) is 0 Å².